The van der Waals surface area contributed by atoms with Gasteiger partial charge < -0.3 is 15.8 Å². The van der Waals surface area contributed by atoms with E-state index in [1.165, 1.54) is 22.9 Å². The molecule has 0 aliphatic carbocycles. The topological polar surface area (TPSA) is 64.3 Å². The summed E-state index contributed by atoms with van der Waals surface area (Å²) in [6.45, 7) is 4.12. The van der Waals surface area contributed by atoms with Crippen molar-refractivity contribution < 1.29 is 9.53 Å². The number of ether oxygens (including phenoxy) is 1. The molecular weight excluding hydrogens is 356 g/mol. The molecule has 0 bridgehead atoms. The predicted molar refractivity (Wildman–Crippen MR) is 112 cm³/mol. The first-order valence-corrected chi connectivity index (χ1v) is 9.38. The first-order valence-electron chi connectivity index (χ1n) is 8.57. The molecule has 0 aromatic heterocycles. The molecule has 4 nitrogen and oxygen atoms in total. The maximum absolute atomic E-state index is 13.0. The van der Waals surface area contributed by atoms with E-state index < -0.39 is 0 Å². The normalized spacial score (nSPS) is 10.5. The van der Waals surface area contributed by atoms with Crippen LogP contribution in [-0.4, -0.2) is 13.0 Å². The van der Waals surface area contributed by atoms with Gasteiger partial charge in [-0.3, -0.25) is 4.79 Å². The maximum atomic E-state index is 13.0. The zero-order valence-corrected chi connectivity index (χ0v) is 16.4. The number of hydrogen-bond acceptors (Lipinski definition) is 4. The van der Waals surface area contributed by atoms with Crippen LogP contribution in [0.1, 0.15) is 21.5 Å². The molecule has 0 saturated carbocycles. The largest absolute Gasteiger partial charge is 0.495 e. The fourth-order valence-electron chi connectivity index (χ4n) is 2.93. The van der Waals surface area contributed by atoms with Gasteiger partial charge in [-0.2, -0.15) is 0 Å². The van der Waals surface area contributed by atoms with E-state index in [4.69, 9.17) is 10.5 Å². The minimum atomic E-state index is -0.260. The number of methoxy groups -OCH3 is 1. The molecule has 0 heterocycles. The number of amides is 1. The van der Waals surface area contributed by atoms with Crippen molar-refractivity contribution in [3.63, 3.8) is 0 Å². The SMILES string of the molecule is COc1ccccc1NC(=O)c1c(N)cccc1Sc1cc(C)cc(C)c1. The quantitative estimate of drug-likeness (QED) is 0.592. The smallest absolute Gasteiger partial charge is 0.259 e. The van der Waals surface area contributed by atoms with E-state index in [2.05, 4.69) is 37.4 Å². The molecule has 3 rings (SSSR count). The molecule has 0 aliphatic rings. The molecule has 0 unspecified atom stereocenters. The van der Waals surface area contributed by atoms with E-state index in [9.17, 15) is 4.79 Å². The van der Waals surface area contributed by atoms with Crippen molar-refractivity contribution in [2.24, 2.45) is 0 Å². The van der Waals surface area contributed by atoms with Crippen molar-refractivity contribution in [3.05, 3.63) is 77.4 Å². The highest BCUT2D eigenvalue weighted by Gasteiger charge is 2.17. The molecule has 0 spiro atoms. The van der Waals surface area contributed by atoms with Gasteiger partial charge in [-0.15, -0.1) is 0 Å². The Morgan fingerprint density at radius 1 is 1.00 bits per heavy atom. The standard InChI is InChI=1S/C22H22N2O2S/c1-14-11-15(2)13-16(12-14)27-20-10-6-7-17(23)21(20)22(25)24-18-8-4-5-9-19(18)26-3/h4-13H,23H2,1-3H3,(H,24,25). The molecule has 3 aromatic rings. The number of hydrogen-bond donors (Lipinski definition) is 2. The van der Waals surface area contributed by atoms with Gasteiger partial charge in [0, 0.05) is 15.5 Å². The fourth-order valence-corrected chi connectivity index (χ4v) is 4.13. The number of carbonyl (C=O) groups excluding carboxylic acids is 1. The molecule has 27 heavy (non-hydrogen) atoms. The van der Waals surface area contributed by atoms with E-state index in [1.54, 1.807) is 25.3 Å². The summed E-state index contributed by atoms with van der Waals surface area (Å²) in [5, 5.41) is 2.91. The lowest BCUT2D eigenvalue weighted by atomic mass is 10.1. The summed E-state index contributed by atoms with van der Waals surface area (Å²) >= 11 is 1.53. The lowest BCUT2D eigenvalue weighted by Gasteiger charge is -2.14. The summed E-state index contributed by atoms with van der Waals surface area (Å²) < 4.78 is 5.31. The number of rotatable bonds is 5. The molecule has 1 amide bonds. The van der Waals surface area contributed by atoms with Crippen molar-refractivity contribution >= 4 is 29.0 Å². The van der Waals surface area contributed by atoms with Crippen molar-refractivity contribution in [3.8, 4) is 5.75 Å². The Morgan fingerprint density at radius 2 is 1.70 bits per heavy atom. The highest BCUT2D eigenvalue weighted by atomic mass is 32.2. The van der Waals surface area contributed by atoms with Gasteiger partial charge in [0.2, 0.25) is 0 Å². The molecule has 3 aromatic carbocycles. The first-order chi connectivity index (χ1) is 13.0. The number of nitrogen functional groups attached to an aromatic ring is 1. The van der Waals surface area contributed by atoms with Gasteiger partial charge in [-0.1, -0.05) is 36.0 Å². The van der Waals surface area contributed by atoms with Crippen LogP contribution >= 0.6 is 11.8 Å². The van der Waals surface area contributed by atoms with Gasteiger partial charge in [0.15, 0.2) is 0 Å². The lowest BCUT2D eigenvalue weighted by molar-refractivity contribution is 0.102. The van der Waals surface area contributed by atoms with Crippen molar-refractivity contribution in [1.29, 1.82) is 0 Å². The summed E-state index contributed by atoms with van der Waals surface area (Å²) in [6, 6.07) is 19.1. The monoisotopic (exact) mass is 378 g/mol. The second kappa shape index (κ2) is 8.18. The first kappa shape index (κ1) is 18.9. The molecule has 0 saturated heterocycles. The summed E-state index contributed by atoms with van der Waals surface area (Å²) in [7, 11) is 1.57. The van der Waals surface area contributed by atoms with E-state index in [1.807, 2.05) is 24.3 Å². The Kier molecular flexibility index (Phi) is 5.72. The van der Waals surface area contributed by atoms with Crippen LogP contribution in [0.15, 0.2) is 70.5 Å². The van der Waals surface area contributed by atoms with Gasteiger partial charge in [0.25, 0.3) is 5.91 Å². The maximum Gasteiger partial charge on any atom is 0.259 e. The number of anilines is 2. The molecule has 0 aliphatic heterocycles. The second-order valence-electron chi connectivity index (χ2n) is 6.30. The number of para-hydroxylation sites is 2. The zero-order chi connectivity index (χ0) is 19.4. The summed E-state index contributed by atoms with van der Waals surface area (Å²) in [5.74, 6) is 0.341. The van der Waals surface area contributed by atoms with Crippen LogP contribution in [0.3, 0.4) is 0 Å². The highest BCUT2D eigenvalue weighted by molar-refractivity contribution is 7.99. The lowest BCUT2D eigenvalue weighted by Crippen LogP contribution is -2.15. The van der Waals surface area contributed by atoms with Crippen LogP contribution in [0.25, 0.3) is 0 Å². The zero-order valence-electron chi connectivity index (χ0n) is 15.6. The van der Waals surface area contributed by atoms with Gasteiger partial charge in [-0.25, -0.2) is 0 Å². The van der Waals surface area contributed by atoms with Crippen LogP contribution < -0.4 is 15.8 Å². The molecule has 0 atom stereocenters. The Bertz CT molecular complexity index is 966. The average Bonchev–Trinajstić information content (AvgIpc) is 2.61. The third-order valence-electron chi connectivity index (χ3n) is 4.06. The highest BCUT2D eigenvalue weighted by Crippen LogP contribution is 2.35. The Hall–Kier alpha value is -2.92. The van der Waals surface area contributed by atoms with Crippen molar-refractivity contribution in [2.75, 3.05) is 18.2 Å². The molecule has 5 heteroatoms. The van der Waals surface area contributed by atoms with E-state index >= 15 is 0 Å². The number of benzene rings is 3. The Balaban J connectivity index is 1.94. The number of nitrogens with two attached hydrogens (primary N) is 1. The number of carbonyl (C=O) groups is 1. The van der Waals surface area contributed by atoms with E-state index in [0.29, 0.717) is 22.7 Å². The van der Waals surface area contributed by atoms with Gasteiger partial charge >= 0.3 is 0 Å². The number of nitrogens with one attached hydrogen (secondary N) is 1. The van der Waals surface area contributed by atoms with Crippen molar-refractivity contribution in [2.45, 2.75) is 23.6 Å². The molecular formula is C22H22N2O2S. The van der Waals surface area contributed by atoms with Gasteiger partial charge in [0.05, 0.1) is 18.4 Å². The fraction of sp³-hybridized carbons (Fsp3) is 0.136. The average molecular weight is 378 g/mol. The van der Waals surface area contributed by atoms with E-state index in [0.717, 1.165) is 9.79 Å². The third kappa shape index (κ3) is 4.44. The minimum absolute atomic E-state index is 0.260. The van der Waals surface area contributed by atoms with Crippen LogP contribution in [-0.2, 0) is 0 Å². The summed E-state index contributed by atoms with van der Waals surface area (Å²) in [5.41, 5.74) is 10.0. The van der Waals surface area contributed by atoms with E-state index in [-0.39, 0.29) is 5.91 Å². The van der Waals surface area contributed by atoms with Crippen LogP contribution in [0.2, 0.25) is 0 Å². The Labute approximate surface area is 163 Å². The van der Waals surface area contributed by atoms with Gasteiger partial charge in [0.1, 0.15) is 5.75 Å². The summed E-state index contributed by atoms with van der Waals surface area (Å²) in [6.07, 6.45) is 0. The molecule has 3 N–H and O–H groups in total. The summed E-state index contributed by atoms with van der Waals surface area (Å²) in [4.78, 5) is 14.9. The van der Waals surface area contributed by atoms with Gasteiger partial charge in [-0.05, 0) is 61.4 Å². The molecule has 0 radical (unpaired) electrons. The number of aryl methyl sites for hydroxylation is 2. The molecule has 138 valence electrons. The predicted octanol–water partition coefficient (Wildman–Crippen LogP) is 5.30. The van der Waals surface area contributed by atoms with Crippen LogP contribution in [0.4, 0.5) is 11.4 Å². The molecule has 0 fully saturated rings. The van der Waals surface area contributed by atoms with Crippen LogP contribution in [0.5, 0.6) is 5.75 Å². The second-order valence-corrected chi connectivity index (χ2v) is 7.42. The van der Waals surface area contributed by atoms with Crippen LogP contribution in [0, 0.1) is 13.8 Å². The Morgan fingerprint density at radius 3 is 2.41 bits per heavy atom. The third-order valence-corrected chi connectivity index (χ3v) is 5.10. The minimum Gasteiger partial charge on any atom is -0.495 e. The van der Waals surface area contributed by atoms with Crippen molar-refractivity contribution in [1.82, 2.24) is 0 Å².